The van der Waals surface area contributed by atoms with Gasteiger partial charge in [-0.2, -0.15) is 4.31 Å². The Morgan fingerprint density at radius 2 is 1.87 bits per heavy atom. The molecule has 0 radical (unpaired) electrons. The first-order chi connectivity index (χ1) is 14.3. The van der Waals surface area contributed by atoms with Gasteiger partial charge in [-0.3, -0.25) is 14.9 Å². The number of sulfonamides is 1. The van der Waals surface area contributed by atoms with Crippen LogP contribution in [0.15, 0.2) is 47.4 Å². The van der Waals surface area contributed by atoms with Crippen molar-refractivity contribution < 1.29 is 27.6 Å². The molecule has 1 aliphatic rings. The molecular formula is C19H21N3O7S. The number of benzene rings is 2. The van der Waals surface area contributed by atoms with Crippen LogP contribution in [-0.4, -0.2) is 57.0 Å². The number of nitro benzene ring substituents is 1. The van der Waals surface area contributed by atoms with E-state index in [1.807, 2.05) is 0 Å². The van der Waals surface area contributed by atoms with Gasteiger partial charge < -0.3 is 14.8 Å². The maximum Gasteiger partial charge on any atom is 0.269 e. The second-order valence-corrected chi connectivity index (χ2v) is 8.44. The van der Waals surface area contributed by atoms with Gasteiger partial charge in [0, 0.05) is 30.9 Å². The number of nitrogens with one attached hydrogen (secondary N) is 1. The zero-order valence-electron chi connectivity index (χ0n) is 16.2. The highest BCUT2D eigenvalue weighted by Gasteiger charge is 2.29. The van der Waals surface area contributed by atoms with Gasteiger partial charge in [0.25, 0.3) is 5.69 Å². The third kappa shape index (κ3) is 4.93. The number of anilines is 1. The Morgan fingerprint density at radius 3 is 2.47 bits per heavy atom. The molecule has 0 bridgehead atoms. The molecule has 0 spiro atoms. The van der Waals surface area contributed by atoms with E-state index in [1.165, 1.54) is 47.8 Å². The van der Waals surface area contributed by atoms with Crippen molar-refractivity contribution >= 4 is 27.3 Å². The van der Waals surface area contributed by atoms with Crippen molar-refractivity contribution in [3.8, 4) is 5.75 Å². The molecular weight excluding hydrogens is 414 g/mol. The lowest BCUT2D eigenvalue weighted by Gasteiger charge is -2.26. The highest BCUT2D eigenvalue weighted by molar-refractivity contribution is 7.89. The Labute approximate surface area is 173 Å². The normalized spacial score (nSPS) is 14.8. The van der Waals surface area contributed by atoms with E-state index in [4.69, 9.17) is 9.47 Å². The standard InChI is InChI=1S/C19H21N3O7S/c1-28-17-7-2-14(12-18(17)30(26,27)21-8-10-29-11-9-21)13-19(23)20-15-3-5-16(6-4-15)22(24)25/h2-7,12H,8-11,13H2,1H3,(H,20,23). The summed E-state index contributed by atoms with van der Waals surface area (Å²) < 4.78 is 37.8. The predicted octanol–water partition coefficient (Wildman–Crippen LogP) is 1.81. The van der Waals surface area contributed by atoms with E-state index in [2.05, 4.69) is 5.32 Å². The summed E-state index contributed by atoms with van der Waals surface area (Å²) in [6, 6.07) is 10.00. The van der Waals surface area contributed by atoms with Gasteiger partial charge in [-0.1, -0.05) is 6.07 Å². The summed E-state index contributed by atoms with van der Waals surface area (Å²) in [5.41, 5.74) is 0.809. The molecule has 1 heterocycles. The Bertz CT molecular complexity index is 1030. The van der Waals surface area contributed by atoms with E-state index >= 15 is 0 Å². The first kappa shape index (κ1) is 21.7. The molecule has 0 aromatic heterocycles. The van der Waals surface area contributed by atoms with E-state index in [-0.39, 0.29) is 41.7 Å². The smallest absolute Gasteiger partial charge is 0.269 e. The van der Waals surface area contributed by atoms with Gasteiger partial charge >= 0.3 is 0 Å². The third-order valence-electron chi connectivity index (χ3n) is 4.54. The van der Waals surface area contributed by atoms with E-state index < -0.39 is 14.9 Å². The summed E-state index contributed by atoms with van der Waals surface area (Å²) in [6.45, 7) is 1.13. The molecule has 0 atom stereocenters. The largest absolute Gasteiger partial charge is 0.495 e. The fraction of sp³-hybridized carbons (Fsp3) is 0.316. The number of hydrogen-bond donors (Lipinski definition) is 1. The van der Waals surface area contributed by atoms with Crippen molar-refractivity contribution in [2.24, 2.45) is 0 Å². The van der Waals surface area contributed by atoms with Crippen LogP contribution < -0.4 is 10.1 Å². The average molecular weight is 435 g/mol. The summed E-state index contributed by atoms with van der Waals surface area (Å²) in [7, 11) is -2.42. The van der Waals surface area contributed by atoms with Gasteiger partial charge in [0.15, 0.2) is 0 Å². The molecule has 1 aliphatic heterocycles. The Hall–Kier alpha value is -3.02. The highest BCUT2D eigenvalue weighted by atomic mass is 32.2. The number of amides is 1. The van der Waals surface area contributed by atoms with Crippen molar-refractivity contribution in [2.45, 2.75) is 11.3 Å². The van der Waals surface area contributed by atoms with Gasteiger partial charge in [0.1, 0.15) is 10.6 Å². The quantitative estimate of drug-likeness (QED) is 0.519. The minimum atomic E-state index is -3.80. The van der Waals surface area contributed by atoms with E-state index in [9.17, 15) is 23.3 Å². The molecule has 160 valence electrons. The Kier molecular flexibility index (Phi) is 6.65. The fourth-order valence-corrected chi connectivity index (χ4v) is 4.63. The van der Waals surface area contributed by atoms with Crippen LogP contribution in [0.1, 0.15) is 5.56 Å². The number of non-ortho nitro benzene ring substituents is 1. The monoisotopic (exact) mass is 435 g/mol. The zero-order chi connectivity index (χ0) is 21.7. The molecule has 11 heteroatoms. The number of carbonyl (C=O) groups is 1. The second kappa shape index (κ2) is 9.20. The molecule has 0 saturated carbocycles. The minimum absolute atomic E-state index is 0.00691. The molecule has 10 nitrogen and oxygen atoms in total. The minimum Gasteiger partial charge on any atom is -0.495 e. The first-order valence-electron chi connectivity index (χ1n) is 9.10. The van der Waals surface area contributed by atoms with E-state index in [0.29, 0.717) is 24.5 Å². The van der Waals surface area contributed by atoms with Crippen LogP contribution in [0.5, 0.6) is 5.75 Å². The van der Waals surface area contributed by atoms with Crippen molar-refractivity contribution in [3.63, 3.8) is 0 Å². The molecule has 1 saturated heterocycles. The lowest BCUT2D eigenvalue weighted by Crippen LogP contribution is -2.40. The molecule has 3 rings (SSSR count). The van der Waals surface area contributed by atoms with Gasteiger partial charge in [0.2, 0.25) is 15.9 Å². The summed E-state index contributed by atoms with van der Waals surface area (Å²) in [5.74, 6) is -0.190. The average Bonchev–Trinajstić information content (AvgIpc) is 2.74. The molecule has 30 heavy (non-hydrogen) atoms. The van der Waals surface area contributed by atoms with Crippen LogP contribution in [0.3, 0.4) is 0 Å². The number of nitrogens with zero attached hydrogens (tertiary/aromatic N) is 2. The van der Waals surface area contributed by atoms with Crippen LogP contribution >= 0.6 is 0 Å². The Balaban J connectivity index is 1.77. The maximum atomic E-state index is 13.0. The third-order valence-corrected chi connectivity index (χ3v) is 6.46. The summed E-state index contributed by atoms with van der Waals surface area (Å²) >= 11 is 0. The number of hydrogen-bond acceptors (Lipinski definition) is 7. The first-order valence-corrected chi connectivity index (χ1v) is 10.5. The second-order valence-electron chi connectivity index (χ2n) is 6.53. The zero-order valence-corrected chi connectivity index (χ0v) is 17.1. The molecule has 1 fully saturated rings. The number of rotatable bonds is 7. The van der Waals surface area contributed by atoms with Crippen molar-refractivity contribution in [1.29, 1.82) is 0 Å². The van der Waals surface area contributed by atoms with Gasteiger partial charge in [-0.05, 0) is 29.8 Å². The van der Waals surface area contributed by atoms with Gasteiger partial charge in [0.05, 0.1) is 31.7 Å². The number of morpholine rings is 1. The van der Waals surface area contributed by atoms with Crippen LogP contribution in [0.25, 0.3) is 0 Å². The molecule has 2 aromatic rings. The molecule has 0 aliphatic carbocycles. The summed E-state index contributed by atoms with van der Waals surface area (Å²) in [5, 5.41) is 13.3. The van der Waals surface area contributed by atoms with Crippen molar-refractivity contribution in [3.05, 3.63) is 58.1 Å². The topological polar surface area (TPSA) is 128 Å². The van der Waals surface area contributed by atoms with Gasteiger partial charge in [-0.15, -0.1) is 0 Å². The van der Waals surface area contributed by atoms with Crippen LogP contribution in [0.4, 0.5) is 11.4 Å². The lowest BCUT2D eigenvalue weighted by atomic mass is 10.1. The fourth-order valence-electron chi connectivity index (χ4n) is 3.02. The molecule has 1 amide bonds. The molecule has 2 aromatic carbocycles. The molecule has 1 N–H and O–H groups in total. The SMILES string of the molecule is COc1ccc(CC(=O)Nc2ccc([N+](=O)[O-])cc2)cc1S(=O)(=O)N1CCOCC1. The predicted molar refractivity (Wildman–Crippen MR) is 108 cm³/mol. The van der Waals surface area contributed by atoms with Crippen molar-refractivity contribution in [2.75, 3.05) is 38.7 Å². The number of methoxy groups -OCH3 is 1. The van der Waals surface area contributed by atoms with Crippen LogP contribution in [-0.2, 0) is 26.0 Å². The van der Waals surface area contributed by atoms with Crippen molar-refractivity contribution in [1.82, 2.24) is 4.31 Å². The lowest BCUT2D eigenvalue weighted by molar-refractivity contribution is -0.384. The molecule has 0 unspecified atom stereocenters. The summed E-state index contributed by atoms with van der Waals surface area (Å²) in [4.78, 5) is 22.5. The van der Waals surface area contributed by atoms with Crippen LogP contribution in [0.2, 0.25) is 0 Å². The highest BCUT2D eigenvalue weighted by Crippen LogP contribution is 2.28. The van der Waals surface area contributed by atoms with E-state index in [0.717, 1.165) is 0 Å². The van der Waals surface area contributed by atoms with Gasteiger partial charge in [-0.25, -0.2) is 8.42 Å². The maximum absolute atomic E-state index is 13.0. The Morgan fingerprint density at radius 1 is 1.20 bits per heavy atom. The number of nitro groups is 1. The van der Waals surface area contributed by atoms with E-state index in [1.54, 1.807) is 6.07 Å². The number of carbonyl (C=O) groups excluding carboxylic acids is 1. The summed E-state index contributed by atoms with van der Waals surface area (Å²) in [6.07, 6.45) is -0.0768. The van der Waals surface area contributed by atoms with Crippen LogP contribution in [0, 0.1) is 10.1 Å². The number of ether oxygens (including phenoxy) is 2.